The van der Waals surface area contributed by atoms with Crippen LogP contribution in [0.3, 0.4) is 0 Å². The van der Waals surface area contributed by atoms with Crippen molar-refractivity contribution in [1.82, 2.24) is 9.80 Å². The minimum Gasteiger partial charge on any atom is -0.487 e. The van der Waals surface area contributed by atoms with Gasteiger partial charge in [-0.15, -0.1) is 0 Å². The molecule has 1 atom stereocenters. The molecule has 2 heterocycles. The van der Waals surface area contributed by atoms with Crippen LogP contribution in [0.15, 0.2) is 18.2 Å². The number of nitrogens with one attached hydrogen (secondary N) is 1. The van der Waals surface area contributed by atoms with E-state index < -0.39 is 5.60 Å². The van der Waals surface area contributed by atoms with E-state index in [4.69, 9.17) is 4.74 Å². The van der Waals surface area contributed by atoms with Gasteiger partial charge >= 0.3 is 0 Å². The summed E-state index contributed by atoms with van der Waals surface area (Å²) in [5.74, 6) is 0.0182. The van der Waals surface area contributed by atoms with Gasteiger partial charge in [-0.2, -0.15) is 0 Å². The molecule has 0 bridgehead atoms. The van der Waals surface area contributed by atoms with E-state index in [0.717, 1.165) is 13.0 Å². The highest BCUT2D eigenvalue weighted by Gasteiger charge is 2.35. The number of ketones is 1. The van der Waals surface area contributed by atoms with Gasteiger partial charge in [-0.1, -0.05) is 0 Å². The first-order valence-electron chi connectivity index (χ1n) is 9.74. The van der Waals surface area contributed by atoms with Gasteiger partial charge in [0.25, 0.3) is 0 Å². The van der Waals surface area contributed by atoms with Crippen molar-refractivity contribution < 1.29 is 19.1 Å². The molecule has 1 N–H and O–H groups in total. The number of benzene rings is 1. The normalized spacial score (nSPS) is 20.9. The van der Waals surface area contributed by atoms with Crippen LogP contribution in [-0.4, -0.2) is 66.7 Å². The number of nitrogens with zero attached hydrogens (tertiary/aromatic N) is 2. The van der Waals surface area contributed by atoms with Gasteiger partial charge in [0.2, 0.25) is 11.8 Å². The number of carbonyl (C=O) groups excluding carboxylic acids is 3. The lowest BCUT2D eigenvalue weighted by Gasteiger charge is -2.31. The minimum absolute atomic E-state index is 0.00506. The summed E-state index contributed by atoms with van der Waals surface area (Å²) in [6, 6.07) is 5.12. The van der Waals surface area contributed by atoms with Crippen LogP contribution in [0, 0.1) is 5.92 Å². The molecule has 0 aromatic heterocycles. The lowest BCUT2D eigenvalue weighted by molar-refractivity contribution is -0.128. The highest BCUT2D eigenvalue weighted by Crippen LogP contribution is 2.34. The number of rotatable bonds is 6. The molecule has 28 heavy (non-hydrogen) atoms. The number of ether oxygens (including phenoxy) is 1. The molecule has 7 nitrogen and oxygen atoms in total. The van der Waals surface area contributed by atoms with E-state index >= 15 is 0 Å². The Kier molecular flexibility index (Phi) is 5.74. The van der Waals surface area contributed by atoms with E-state index in [1.807, 2.05) is 27.9 Å². The van der Waals surface area contributed by atoms with Gasteiger partial charge in [0.05, 0.1) is 17.9 Å². The first kappa shape index (κ1) is 20.3. The second kappa shape index (κ2) is 7.91. The van der Waals surface area contributed by atoms with Gasteiger partial charge in [-0.25, -0.2) is 0 Å². The SMILES string of the molecule is CN(C)CCCN1CC(C(=O)Nc2ccc3c(c2)C(=O)CC(C)(C)O3)CC1=O. The predicted molar refractivity (Wildman–Crippen MR) is 107 cm³/mol. The second-order valence-electron chi connectivity index (χ2n) is 8.56. The van der Waals surface area contributed by atoms with Crippen molar-refractivity contribution in [3.8, 4) is 5.75 Å². The Hall–Kier alpha value is -2.41. The fourth-order valence-corrected chi connectivity index (χ4v) is 3.72. The van der Waals surface area contributed by atoms with Gasteiger partial charge in [-0.05, 0) is 59.1 Å². The molecule has 0 radical (unpaired) electrons. The van der Waals surface area contributed by atoms with Crippen LogP contribution in [0.2, 0.25) is 0 Å². The summed E-state index contributed by atoms with van der Waals surface area (Å²) in [4.78, 5) is 41.0. The summed E-state index contributed by atoms with van der Waals surface area (Å²) in [6.45, 7) is 5.78. The molecular formula is C21H29N3O4. The molecule has 1 aromatic carbocycles. The molecule has 2 aliphatic rings. The van der Waals surface area contributed by atoms with Gasteiger partial charge in [-0.3, -0.25) is 14.4 Å². The van der Waals surface area contributed by atoms with Crippen LogP contribution < -0.4 is 10.1 Å². The third kappa shape index (κ3) is 4.70. The first-order chi connectivity index (χ1) is 13.1. The van der Waals surface area contributed by atoms with Crippen molar-refractivity contribution >= 4 is 23.3 Å². The Labute approximate surface area is 166 Å². The Morgan fingerprint density at radius 2 is 2.07 bits per heavy atom. The van der Waals surface area contributed by atoms with E-state index in [-0.39, 0.29) is 29.9 Å². The zero-order chi connectivity index (χ0) is 20.5. The van der Waals surface area contributed by atoms with Crippen molar-refractivity contribution in [2.24, 2.45) is 5.92 Å². The van der Waals surface area contributed by atoms with Gasteiger partial charge < -0.3 is 19.9 Å². The lowest BCUT2D eigenvalue weighted by Crippen LogP contribution is -2.36. The second-order valence-corrected chi connectivity index (χ2v) is 8.56. The fraction of sp³-hybridized carbons (Fsp3) is 0.571. The number of amides is 2. The highest BCUT2D eigenvalue weighted by atomic mass is 16.5. The molecule has 1 fully saturated rings. The predicted octanol–water partition coefficient (Wildman–Crippen LogP) is 2.17. The van der Waals surface area contributed by atoms with Crippen molar-refractivity contribution in [1.29, 1.82) is 0 Å². The van der Waals surface area contributed by atoms with Crippen LogP contribution in [0.4, 0.5) is 5.69 Å². The van der Waals surface area contributed by atoms with E-state index in [2.05, 4.69) is 10.2 Å². The van der Waals surface area contributed by atoms with Gasteiger partial charge in [0, 0.05) is 25.2 Å². The minimum atomic E-state index is -0.519. The van der Waals surface area contributed by atoms with Crippen LogP contribution >= 0.6 is 0 Å². The average molecular weight is 387 g/mol. The molecule has 0 saturated carbocycles. The topological polar surface area (TPSA) is 78.9 Å². The summed E-state index contributed by atoms with van der Waals surface area (Å²) in [5.41, 5.74) is 0.526. The Morgan fingerprint density at radius 1 is 1.32 bits per heavy atom. The molecule has 152 valence electrons. The molecule has 2 amide bonds. The molecule has 1 unspecified atom stereocenters. The van der Waals surface area contributed by atoms with Crippen molar-refractivity contribution in [3.05, 3.63) is 23.8 Å². The molecular weight excluding hydrogens is 358 g/mol. The summed E-state index contributed by atoms with van der Waals surface area (Å²) in [5, 5.41) is 2.86. The maximum Gasteiger partial charge on any atom is 0.229 e. The molecule has 0 spiro atoms. The number of hydrogen-bond acceptors (Lipinski definition) is 5. The van der Waals surface area contributed by atoms with Crippen LogP contribution in [0.25, 0.3) is 0 Å². The van der Waals surface area contributed by atoms with Gasteiger partial charge in [0.1, 0.15) is 11.4 Å². The number of likely N-dealkylation sites (tertiary alicyclic amines) is 1. The quantitative estimate of drug-likeness (QED) is 0.809. The van der Waals surface area contributed by atoms with Crippen molar-refractivity contribution in [2.45, 2.75) is 38.7 Å². The van der Waals surface area contributed by atoms with Crippen LogP contribution in [0.1, 0.15) is 43.5 Å². The van der Waals surface area contributed by atoms with E-state index in [1.165, 1.54) is 0 Å². The Bertz CT molecular complexity index is 788. The number of hydrogen-bond donors (Lipinski definition) is 1. The molecule has 3 rings (SSSR count). The fourth-order valence-electron chi connectivity index (χ4n) is 3.72. The maximum atomic E-state index is 12.6. The summed E-state index contributed by atoms with van der Waals surface area (Å²) in [6.07, 6.45) is 1.42. The largest absolute Gasteiger partial charge is 0.487 e. The van der Waals surface area contributed by atoms with Crippen LogP contribution in [-0.2, 0) is 9.59 Å². The standard InChI is InChI=1S/C21H29N3O4/c1-21(2)12-17(25)16-11-15(6-7-18(16)28-21)22-20(27)14-10-19(26)24(13-14)9-5-8-23(3)4/h6-7,11,14H,5,8-10,12-13H2,1-4H3,(H,22,27). The maximum absolute atomic E-state index is 12.6. The van der Waals surface area contributed by atoms with Gasteiger partial charge in [0.15, 0.2) is 5.78 Å². The number of anilines is 1. The zero-order valence-electron chi connectivity index (χ0n) is 17.1. The Balaban J connectivity index is 1.60. The van der Waals surface area contributed by atoms with E-state index in [9.17, 15) is 14.4 Å². The summed E-state index contributed by atoms with van der Waals surface area (Å²) >= 11 is 0. The van der Waals surface area contributed by atoms with E-state index in [0.29, 0.717) is 36.5 Å². The Morgan fingerprint density at radius 3 is 2.79 bits per heavy atom. The molecule has 7 heteroatoms. The number of carbonyl (C=O) groups is 3. The summed E-state index contributed by atoms with van der Waals surface area (Å²) < 4.78 is 5.84. The third-order valence-corrected chi connectivity index (χ3v) is 5.14. The monoisotopic (exact) mass is 387 g/mol. The zero-order valence-corrected chi connectivity index (χ0v) is 17.1. The molecule has 1 saturated heterocycles. The lowest BCUT2D eigenvalue weighted by atomic mass is 9.93. The third-order valence-electron chi connectivity index (χ3n) is 5.14. The first-order valence-corrected chi connectivity index (χ1v) is 9.74. The average Bonchev–Trinajstić information content (AvgIpc) is 2.95. The van der Waals surface area contributed by atoms with Crippen LogP contribution in [0.5, 0.6) is 5.75 Å². The highest BCUT2D eigenvalue weighted by molar-refractivity contribution is 6.03. The molecule has 1 aromatic rings. The molecule has 0 aliphatic carbocycles. The smallest absolute Gasteiger partial charge is 0.229 e. The number of Topliss-reactive ketones (excluding diaryl/α,β-unsaturated/α-hetero) is 1. The van der Waals surface area contributed by atoms with Crippen molar-refractivity contribution in [3.63, 3.8) is 0 Å². The number of fused-ring (bicyclic) bond motifs is 1. The van der Waals surface area contributed by atoms with E-state index in [1.54, 1.807) is 23.1 Å². The summed E-state index contributed by atoms with van der Waals surface area (Å²) in [7, 11) is 3.99. The van der Waals surface area contributed by atoms with Crippen molar-refractivity contribution in [2.75, 3.05) is 39.0 Å². The molecule has 2 aliphatic heterocycles.